The number of carbonyl (C=O) groups excluding carboxylic acids is 1. The summed E-state index contributed by atoms with van der Waals surface area (Å²) in [5, 5.41) is 0. The first-order chi connectivity index (χ1) is 11.3. The van der Waals surface area contributed by atoms with Gasteiger partial charge in [-0.25, -0.2) is 9.97 Å². The zero-order chi connectivity index (χ0) is 16.1. The Morgan fingerprint density at radius 2 is 2.17 bits per heavy atom. The van der Waals surface area contributed by atoms with E-state index in [0.29, 0.717) is 18.8 Å². The third-order valence-corrected chi connectivity index (χ3v) is 4.21. The van der Waals surface area contributed by atoms with Gasteiger partial charge >= 0.3 is 0 Å². The summed E-state index contributed by atoms with van der Waals surface area (Å²) in [7, 11) is 0. The van der Waals surface area contributed by atoms with Crippen LogP contribution in [0.2, 0.25) is 0 Å². The monoisotopic (exact) mass is 320 g/mol. The lowest BCUT2D eigenvalue weighted by molar-refractivity contribution is -0.130. The fraction of sp³-hybridized carbons (Fsp3) is 0.688. The molecule has 0 aromatic carbocycles. The van der Waals surface area contributed by atoms with Gasteiger partial charge < -0.3 is 19.3 Å². The quantitative estimate of drug-likeness (QED) is 0.809. The highest BCUT2D eigenvalue weighted by Gasteiger charge is 2.27. The number of hydrogen-bond acceptors (Lipinski definition) is 6. The van der Waals surface area contributed by atoms with Crippen molar-refractivity contribution in [3.63, 3.8) is 0 Å². The van der Waals surface area contributed by atoms with Gasteiger partial charge in [-0.05, 0) is 6.42 Å². The average Bonchev–Trinajstić information content (AvgIpc) is 3.05. The molecule has 1 aromatic rings. The molecule has 1 aromatic heterocycles. The Morgan fingerprint density at radius 1 is 1.35 bits per heavy atom. The first-order valence-electron chi connectivity index (χ1n) is 8.35. The maximum atomic E-state index is 11.9. The Kier molecular flexibility index (Phi) is 5.27. The van der Waals surface area contributed by atoms with Crippen LogP contribution < -0.4 is 9.64 Å². The molecule has 0 saturated carbocycles. The highest BCUT2D eigenvalue weighted by Crippen LogP contribution is 2.21. The van der Waals surface area contributed by atoms with Crippen molar-refractivity contribution in [2.24, 2.45) is 0 Å². The van der Waals surface area contributed by atoms with Crippen molar-refractivity contribution >= 4 is 11.7 Å². The van der Waals surface area contributed by atoms with E-state index in [0.717, 1.165) is 51.5 Å². The molecule has 0 radical (unpaired) electrons. The Labute approximate surface area is 136 Å². The lowest BCUT2D eigenvalue weighted by atomic mass is 10.3. The summed E-state index contributed by atoms with van der Waals surface area (Å²) in [6.45, 7) is 6.55. The van der Waals surface area contributed by atoms with Gasteiger partial charge in [0.15, 0.2) is 0 Å². The summed E-state index contributed by atoms with van der Waals surface area (Å²) in [6, 6.07) is 1.88. The van der Waals surface area contributed by atoms with Crippen molar-refractivity contribution in [1.82, 2.24) is 14.9 Å². The minimum atomic E-state index is 0.0169. The van der Waals surface area contributed by atoms with E-state index in [-0.39, 0.29) is 12.0 Å². The predicted molar refractivity (Wildman–Crippen MR) is 85.6 cm³/mol. The van der Waals surface area contributed by atoms with Crippen LogP contribution in [0.15, 0.2) is 12.4 Å². The predicted octanol–water partition coefficient (Wildman–Crippen LogP) is 1.09. The second-order valence-electron chi connectivity index (χ2n) is 5.93. The molecule has 0 N–H and O–H groups in total. The van der Waals surface area contributed by atoms with Gasteiger partial charge in [0.25, 0.3) is 0 Å². The number of hydrogen-bond donors (Lipinski definition) is 0. The van der Waals surface area contributed by atoms with Crippen LogP contribution in [0.1, 0.15) is 26.2 Å². The van der Waals surface area contributed by atoms with E-state index in [1.807, 2.05) is 17.9 Å². The smallest absolute Gasteiger partial charge is 0.222 e. The third kappa shape index (κ3) is 4.10. The van der Waals surface area contributed by atoms with E-state index in [1.165, 1.54) is 6.33 Å². The molecule has 3 heterocycles. The Hall–Kier alpha value is -1.89. The number of anilines is 1. The van der Waals surface area contributed by atoms with E-state index >= 15 is 0 Å². The van der Waals surface area contributed by atoms with Gasteiger partial charge in [-0.3, -0.25) is 4.79 Å². The van der Waals surface area contributed by atoms with Crippen LogP contribution in [0.4, 0.5) is 5.82 Å². The van der Waals surface area contributed by atoms with Crippen molar-refractivity contribution in [3.8, 4) is 5.88 Å². The Balaban J connectivity index is 1.57. The van der Waals surface area contributed by atoms with Gasteiger partial charge in [-0.15, -0.1) is 0 Å². The van der Waals surface area contributed by atoms with Crippen molar-refractivity contribution < 1.29 is 14.3 Å². The molecule has 1 unspecified atom stereocenters. The molecule has 1 amide bonds. The van der Waals surface area contributed by atoms with Crippen molar-refractivity contribution in [2.75, 3.05) is 44.3 Å². The number of aromatic nitrogens is 2. The van der Waals surface area contributed by atoms with Gasteiger partial charge in [-0.1, -0.05) is 6.92 Å². The molecule has 0 bridgehead atoms. The number of rotatable bonds is 5. The van der Waals surface area contributed by atoms with Crippen molar-refractivity contribution in [3.05, 3.63) is 12.4 Å². The van der Waals surface area contributed by atoms with Gasteiger partial charge in [-0.2, -0.15) is 0 Å². The van der Waals surface area contributed by atoms with E-state index in [2.05, 4.69) is 14.9 Å². The van der Waals surface area contributed by atoms with E-state index in [4.69, 9.17) is 9.47 Å². The van der Waals surface area contributed by atoms with Crippen LogP contribution in [0.25, 0.3) is 0 Å². The molecule has 2 saturated heterocycles. The van der Waals surface area contributed by atoms with E-state index < -0.39 is 0 Å². The second kappa shape index (κ2) is 7.59. The molecule has 7 heteroatoms. The molecule has 3 rings (SSSR count). The summed E-state index contributed by atoms with van der Waals surface area (Å²) in [6.07, 6.45) is 3.90. The largest absolute Gasteiger partial charge is 0.472 e. The number of amides is 1. The first kappa shape index (κ1) is 16.0. The average molecular weight is 320 g/mol. The standard InChI is InChI=1S/C16H24N4O3/c1-2-3-16(21)20-5-4-13(11-20)23-15-10-14(17-12-18-15)19-6-8-22-9-7-19/h10,12-13H,2-9,11H2,1H3. The molecular weight excluding hydrogens is 296 g/mol. The van der Waals surface area contributed by atoms with Gasteiger partial charge in [0, 0.05) is 38.5 Å². The van der Waals surface area contributed by atoms with Crippen LogP contribution >= 0.6 is 0 Å². The lowest BCUT2D eigenvalue weighted by Gasteiger charge is -2.27. The zero-order valence-electron chi connectivity index (χ0n) is 13.6. The summed E-state index contributed by atoms with van der Waals surface area (Å²) in [5.41, 5.74) is 0. The second-order valence-corrected chi connectivity index (χ2v) is 5.93. The number of carbonyl (C=O) groups is 1. The van der Waals surface area contributed by atoms with Crippen LogP contribution in [0, 0.1) is 0 Å². The maximum absolute atomic E-state index is 11.9. The highest BCUT2D eigenvalue weighted by atomic mass is 16.5. The third-order valence-electron chi connectivity index (χ3n) is 4.21. The fourth-order valence-electron chi connectivity index (χ4n) is 2.95. The van der Waals surface area contributed by atoms with Crippen molar-refractivity contribution in [2.45, 2.75) is 32.3 Å². The molecule has 126 valence electrons. The van der Waals surface area contributed by atoms with Crippen LogP contribution in [-0.4, -0.2) is 66.3 Å². The molecule has 1 atom stereocenters. The summed E-state index contributed by atoms with van der Waals surface area (Å²) in [4.78, 5) is 24.5. The van der Waals surface area contributed by atoms with Gasteiger partial charge in [0.05, 0.1) is 19.8 Å². The summed E-state index contributed by atoms with van der Waals surface area (Å²) < 4.78 is 11.3. The Bertz CT molecular complexity index is 534. The normalized spacial score (nSPS) is 21.5. The van der Waals surface area contributed by atoms with Crippen LogP contribution in [0.5, 0.6) is 5.88 Å². The number of morpholine rings is 1. The highest BCUT2D eigenvalue weighted by molar-refractivity contribution is 5.76. The SMILES string of the molecule is CCCC(=O)N1CCC(Oc2cc(N3CCOCC3)ncn2)C1. The van der Waals surface area contributed by atoms with Crippen LogP contribution in [0.3, 0.4) is 0 Å². The molecule has 2 aliphatic rings. The van der Waals surface area contributed by atoms with E-state index in [1.54, 1.807) is 0 Å². The molecule has 2 fully saturated rings. The lowest BCUT2D eigenvalue weighted by Crippen LogP contribution is -2.36. The first-order valence-corrected chi connectivity index (χ1v) is 8.35. The maximum Gasteiger partial charge on any atom is 0.222 e. The topological polar surface area (TPSA) is 67.8 Å². The molecule has 0 aliphatic carbocycles. The fourth-order valence-corrected chi connectivity index (χ4v) is 2.95. The minimum absolute atomic E-state index is 0.0169. The van der Waals surface area contributed by atoms with Crippen LogP contribution in [-0.2, 0) is 9.53 Å². The summed E-state index contributed by atoms with van der Waals surface area (Å²) >= 11 is 0. The van der Waals surface area contributed by atoms with E-state index in [9.17, 15) is 4.79 Å². The van der Waals surface area contributed by atoms with Gasteiger partial charge in [0.2, 0.25) is 11.8 Å². The number of nitrogens with zero attached hydrogens (tertiary/aromatic N) is 4. The molecule has 2 aliphatic heterocycles. The van der Waals surface area contributed by atoms with Crippen molar-refractivity contribution in [1.29, 1.82) is 0 Å². The molecule has 23 heavy (non-hydrogen) atoms. The minimum Gasteiger partial charge on any atom is -0.472 e. The van der Waals surface area contributed by atoms with Gasteiger partial charge in [0.1, 0.15) is 18.2 Å². The number of ether oxygens (including phenoxy) is 2. The molecule has 7 nitrogen and oxygen atoms in total. The number of likely N-dealkylation sites (tertiary alicyclic amines) is 1. The zero-order valence-corrected chi connectivity index (χ0v) is 13.6. The Morgan fingerprint density at radius 3 is 2.96 bits per heavy atom. The summed E-state index contributed by atoms with van der Waals surface area (Å²) in [5.74, 6) is 1.67. The molecule has 0 spiro atoms. The molecular formula is C16H24N4O3.